The van der Waals surface area contributed by atoms with Crippen molar-refractivity contribution in [2.45, 2.75) is 87.4 Å². The van der Waals surface area contributed by atoms with Crippen LogP contribution in [0, 0.1) is 17.8 Å². The molecule has 8 aromatic carbocycles. The predicted octanol–water partition coefficient (Wildman–Crippen LogP) is 17.3. The number of hydrogen-bond donors (Lipinski definition) is 0. The van der Waals surface area contributed by atoms with Crippen LogP contribution in [0.1, 0.15) is 110 Å². The van der Waals surface area contributed by atoms with Gasteiger partial charge in [-0.25, -0.2) is 0 Å². The quantitative estimate of drug-likeness (QED) is 0.154. The lowest BCUT2D eigenvalue weighted by Crippen LogP contribution is -2.48. The maximum atomic E-state index is 2.54. The van der Waals surface area contributed by atoms with E-state index < -0.39 is 5.41 Å². The van der Waals surface area contributed by atoms with Gasteiger partial charge in [-0.2, -0.15) is 0 Å². The largest absolute Gasteiger partial charge is 0.310 e. The average Bonchev–Trinajstić information content (AvgIpc) is 3.84. The molecule has 1 heteroatoms. The highest BCUT2D eigenvalue weighted by Crippen LogP contribution is 2.64. The van der Waals surface area contributed by atoms with Crippen LogP contribution in [0.5, 0.6) is 0 Å². The molecule has 0 saturated heterocycles. The van der Waals surface area contributed by atoms with Crippen LogP contribution in [0.4, 0.5) is 17.1 Å². The van der Waals surface area contributed by atoms with Crippen molar-refractivity contribution in [1.82, 2.24) is 0 Å². The van der Waals surface area contributed by atoms with Crippen LogP contribution in [0.25, 0.3) is 44.5 Å². The van der Waals surface area contributed by atoms with Gasteiger partial charge in [-0.3, -0.25) is 0 Å². The van der Waals surface area contributed by atoms with Gasteiger partial charge in [0, 0.05) is 17.1 Å². The molecule has 0 aliphatic heterocycles. The lowest BCUT2D eigenvalue weighted by atomic mass is 9.48. The van der Waals surface area contributed by atoms with Gasteiger partial charge in [0.1, 0.15) is 0 Å². The Hall–Kier alpha value is -6.44. The number of anilines is 3. The molecular formula is C65H57N. The molecule has 4 bridgehead atoms. The predicted molar refractivity (Wildman–Crippen MR) is 274 cm³/mol. The van der Waals surface area contributed by atoms with Gasteiger partial charge in [-0.05, 0) is 195 Å². The highest BCUT2D eigenvalue weighted by Gasteiger charge is 2.53. The molecule has 0 unspecified atom stereocenters. The number of benzene rings is 8. The van der Waals surface area contributed by atoms with Crippen LogP contribution in [0.2, 0.25) is 0 Å². The standard InChI is InChI=1S/C65H57N/c1-2-12-46(13-3-1)47-22-24-48(25-23-47)54-14-4-5-15-55(54)49-26-30-51(31-27-49)66(52-32-28-50(29-33-52)64-40-43-36-44(41-64)38-45(37-43)42-64)53-34-35-59-58-18-8-11-21-62(58)65(63(59)39-53)60-19-9-6-16-56(60)57-17-7-10-20-61(57)65/h4-11,14-35,39,43-46H,1-3,12-13,36-38,40-42H2. The van der Waals surface area contributed by atoms with Crippen molar-refractivity contribution in [2.24, 2.45) is 17.8 Å². The first-order valence-corrected chi connectivity index (χ1v) is 25.3. The molecule has 5 saturated carbocycles. The lowest BCUT2D eigenvalue weighted by molar-refractivity contribution is -0.00518. The third kappa shape index (κ3) is 5.84. The second kappa shape index (κ2) is 15.0. The zero-order chi connectivity index (χ0) is 43.4. The Morgan fingerprint density at radius 2 is 0.788 bits per heavy atom. The minimum atomic E-state index is -0.397. The molecule has 0 heterocycles. The first-order valence-electron chi connectivity index (χ1n) is 25.3. The third-order valence-electron chi connectivity index (χ3n) is 17.7. The molecule has 8 aromatic rings. The van der Waals surface area contributed by atoms with E-state index in [1.807, 2.05) is 0 Å². The summed E-state index contributed by atoms with van der Waals surface area (Å²) < 4.78 is 0. The zero-order valence-electron chi connectivity index (χ0n) is 37.9. The van der Waals surface area contributed by atoms with Crippen LogP contribution >= 0.6 is 0 Å². The summed E-state index contributed by atoms with van der Waals surface area (Å²) in [6.07, 6.45) is 15.3. The number of hydrogen-bond acceptors (Lipinski definition) is 1. The summed E-state index contributed by atoms with van der Waals surface area (Å²) in [5.74, 6) is 3.48. The van der Waals surface area contributed by atoms with Crippen molar-refractivity contribution in [3.05, 3.63) is 221 Å². The van der Waals surface area contributed by atoms with E-state index in [2.05, 4.69) is 193 Å². The van der Waals surface area contributed by atoms with Crippen molar-refractivity contribution < 1.29 is 0 Å². The van der Waals surface area contributed by atoms with Crippen molar-refractivity contribution in [2.75, 3.05) is 4.90 Å². The minimum Gasteiger partial charge on any atom is -0.310 e. The molecule has 15 rings (SSSR count). The second-order valence-corrected chi connectivity index (χ2v) is 21.2. The van der Waals surface area contributed by atoms with E-state index in [4.69, 9.17) is 0 Å². The summed E-state index contributed by atoms with van der Waals surface area (Å²) in [4.78, 5) is 2.53. The summed E-state index contributed by atoms with van der Waals surface area (Å²) in [6.45, 7) is 0. The van der Waals surface area contributed by atoms with Crippen molar-refractivity contribution >= 4 is 17.1 Å². The molecule has 1 nitrogen and oxygen atoms in total. The Kier molecular flexibility index (Phi) is 8.84. The smallest absolute Gasteiger partial charge is 0.0726 e. The monoisotopic (exact) mass is 851 g/mol. The fraction of sp³-hybridized carbons (Fsp3) is 0.262. The molecule has 0 radical (unpaired) electrons. The van der Waals surface area contributed by atoms with E-state index >= 15 is 0 Å². The topological polar surface area (TPSA) is 3.24 Å². The molecule has 7 aliphatic rings. The molecule has 0 atom stereocenters. The molecule has 0 N–H and O–H groups in total. The maximum absolute atomic E-state index is 2.54. The summed E-state index contributed by atoms with van der Waals surface area (Å²) in [7, 11) is 0. The molecule has 5 fully saturated rings. The summed E-state index contributed by atoms with van der Waals surface area (Å²) in [5.41, 5.74) is 22.6. The van der Waals surface area contributed by atoms with Crippen molar-refractivity contribution in [3.63, 3.8) is 0 Å². The van der Waals surface area contributed by atoms with E-state index in [0.29, 0.717) is 11.3 Å². The van der Waals surface area contributed by atoms with E-state index in [1.54, 1.807) is 5.56 Å². The van der Waals surface area contributed by atoms with E-state index in [1.165, 1.54) is 160 Å². The Balaban J connectivity index is 0.892. The van der Waals surface area contributed by atoms with Gasteiger partial charge in [0.2, 0.25) is 0 Å². The fourth-order valence-electron chi connectivity index (χ4n) is 15.2. The summed E-state index contributed by atoms with van der Waals surface area (Å²) in [5, 5.41) is 0. The van der Waals surface area contributed by atoms with Crippen LogP contribution in [-0.2, 0) is 10.8 Å². The summed E-state index contributed by atoms with van der Waals surface area (Å²) >= 11 is 0. The fourth-order valence-corrected chi connectivity index (χ4v) is 15.2. The van der Waals surface area contributed by atoms with E-state index in [-0.39, 0.29) is 0 Å². The molecule has 66 heavy (non-hydrogen) atoms. The number of fused-ring (bicyclic) bond motifs is 10. The highest BCUT2D eigenvalue weighted by atomic mass is 15.1. The van der Waals surface area contributed by atoms with Crippen LogP contribution in [0.15, 0.2) is 188 Å². The number of nitrogens with zero attached hydrogens (tertiary/aromatic N) is 1. The molecule has 0 amide bonds. The first-order chi connectivity index (χ1) is 32.6. The van der Waals surface area contributed by atoms with Gasteiger partial charge in [-0.1, -0.05) is 171 Å². The van der Waals surface area contributed by atoms with E-state index in [0.717, 1.165) is 17.8 Å². The Bertz CT molecular complexity index is 3050. The van der Waals surface area contributed by atoms with Crippen LogP contribution in [-0.4, -0.2) is 0 Å². The first kappa shape index (κ1) is 38.8. The lowest BCUT2D eigenvalue weighted by Gasteiger charge is -2.57. The van der Waals surface area contributed by atoms with Gasteiger partial charge in [-0.15, -0.1) is 0 Å². The van der Waals surface area contributed by atoms with Gasteiger partial charge in [0.25, 0.3) is 0 Å². The van der Waals surface area contributed by atoms with Gasteiger partial charge < -0.3 is 4.90 Å². The molecule has 7 aliphatic carbocycles. The summed E-state index contributed by atoms with van der Waals surface area (Å²) in [6, 6.07) is 72.8. The molecule has 1 spiro atoms. The number of rotatable bonds is 7. The van der Waals surface area contributed by atoms with Crippen LogP contribution in [0.3, 0.4) is 0 Å². The van der Waals surface area contributed by atoms with Gasteiger partial charge >= 0.3 is 0 Å². The molecular weight excluding hydrogens is 795 g/mol. The zero-order valence-corrected chi connectivity index (χ0v) is 37.9. The Morgan fingerprint density at radius 3 is 1.30 bits per heavy atom. The van der Waals surface area contributed by atoms with Gasteiger partial charge in [0.15, 0.2) is 0 Å². The highest BCUT2D eigenvalue weighted by molar-refractivity contribution is 5.96. The third-order valence-corrected chi connectivity index (χ3v) is 17.7. The van der Waals surface area contributed by atoms with Gasteiger partial charge in [0.05, 0.1) is 5.41 Å². The van der Waals surface area contributed by atoms with E-state index in [9.17, 15) is 0 Å². The SMILES string of the molecule is c1ccc(-c2ccc(N(c3ccc(C45CC6CC(CC(C6)C4)C5)cc3)c3ccc4c(c3)C3(c5ccccc5-c5ccccc53)c3ccccc3-4)cc2)c(-c2ccc(C3CCCCC3)cc2)c1. The second-order valence-electron chi connectivity index (χ2n) is 21.2. The Labute approximate surface area is 391 Å². The Morgan fingerprint density at radius 1 is 0.364 bits per heavy atom. The van der Waals surface area contributed by atoms with Crippen molar-refractivity contribution in [1.29, 1.82) is 0 Å². The van der Waals surface area contributed by atoms with Crippen molar-refractivity contribution in [3.8, 4) is 44.5 Å². The maximum Gasteiger partial charge on any atom is 0.0726 e. The minimum absolute atomic E-state index is 0.359. The molecule has 322 valence electrons. The average molecular weight is 852 g/mol. The molecule has 0 aromatic heterocycles. The van der Waals surface area contributed by atoms with Crippen LogP contribution < -0.4 is 4.90 Å². The normalized spacial score (nSPS) is 22.8.